The van der Waals surface area contributed by atoms with Gasteiger partial charge in [-0.05, 0) is 36.9 Å². The van der Waals surface area contributed by atoms with E-state index in [1.54, 1.807) is 23.1 Å². The predicted molar refractivity (Wildman–Crippen MR) is 98.2 cm³/mol. The van der Waals surface area contributed by atoms with E-state index in [1.165, 1.54) is 0 Å². The number of rotatable bonds is 4. The van der Waals surface area contributed by atoms with E-state index in [1.807, 2.05) is 36.4 Å². The van der Waals surface area contributed by atoms with Gasteiger partial charge in [0.2, 0.25) is 0 Å². The van der Waals surface area contributed by atoms with Gasteiger partial charge in [-0.3, -0.25) is 4.79 Å². The van der Waals surface area contributed by atoms with Crippen LogP contribution in [0.1, 0.15) is 24.2 Å². The van der Waals surface area contributed by atoms with Crippen molar-refractivity contribution in [3.05, 3.63) is 58.9 Å². The molecule has 23 heavy (non-hydrogen) atoms. The van der Waals surface area contributed by atoms with E-state index in [4.69, 9.17) is 0 Å². The number of para-hydroxylation sites is 1. The van der Waals surface area contributed by atoms with Crippen LogP contribution in [0.5, 0.6) is 0 Å². The summed E-state index contributed by atoms with van der Waals surface area (Å²) in [6.07, 6.45) is 0. The summed E-state index contributed by atoms with van der Waals surface area (Å²) in [6.45, 7) is 4.95. The molecule has 0 aliphatic carbocycles. The standard InChI is InChI=1S/C18H18N2OS2/c1-3-20-14-10-6-8-12-16(14)23-18(20)19-17(21)13-9-5-7-11-15(13)22-4-2/h5-12H,3-4H2,1-2H3. The fraction of sp³-hybridized carbons (Fsp3) is 0.222. The van der Waals surface area contributed by atoms with Crippen molar-refractivity contribution in [2.45, 2.75) is 25.3 Å². The molecule has 1 heterocycles. The molecular weight excluding hydrogens is 324 g/mol. The van der Waals surface area contributed by atoms with Gasteiger partial charge in [0.25, 0.3) is 5.91 Å². The zero-order valence-corrected chi connectivity index (χ0v) is 14.8. The van der Waals surface area contributed by atoms with Gasteiger partial charge in [0.1, 0.15) is 0 Å². The molecule has 0 spiro atoms. The number of aryl methyl sites for hydroxylation is 1. The fourth-order valence-corrected chi connectivity index (χ4v) is 4.37. The lowest BCUT2D eigenvalue weighted by Crippen LogP contribution is -2.16. The number of hydrogen-bond acceptors (Lipinski definition) is 3. The monoisotopic (exact) mass is 342 g/mol. The molecular formula is C18H18N2OS2. The highest BCUT2D eigenvalue weighted by atomic mass is 32.2. The van der Waals surface area contributed by atoms with Crippen LogP contribution in [0.4, 0.5) is 0 Å². The van der Waals surface area contributed by atoms with E-state index in [0.717, 1.165) is 32.2 Å². The Hall–Kier alpha value is -1.85. The Morgan fingerprint density at radius 1 is 1.13 bits per heavy atom. The van der Waals surface area contributed by atoms with E-state index in [0.29, 0.717) is 5.56 Å². The SMILES string of the molecule is CCSc1ccccc1C(=O)N=c1sc2ccccc2n1CC. The zero-order chi connectivity index (χ0) is 16.2. The number of benzene rings is 2. The molecule has 3 rings (SSSR count). The number of aromatic nitrogens is 1. The van der Waals surface area contributed by atoms with Crippen LogP contribution in [0.2, 0.25) is 0 Å². The van der Waals surface area contributed by atoms with Gasteiger partial charge in [0.05, 0.1) is 15.8 Å². The third-order valence-electron chi connectivity index (χ3n) is 3.52. The van der Waals surface area contributed by atoms with Gasteiger partial charge in [0, 0.05) is 11.4 Å². The lowest BCUT2D eigenvalue weighted by molar-refractivity contribution is 0.0995. The quantitative estimate of drug-likeness (QED) is 0.651. The van der Waals surface area contributed by atoms with E-state index < -0.39 is 0 Å². The van der Waals surface area contributed by atoms with Crippen molar-refractivity contribution < 1.29 is 4.79 Å². The summed E-state index contributed by atoms with van der Waals surface area (Å²) in [4.78, 5) is 18.8. The van der Waals surface area contributed by atoms with E-state index in [9.17, 15) is 4.79 Å². The predicted octanol–water partition coefficient (Wildman–Crippen LogP) is 4.58. The molecule has 1 aromatic heterocycles. The fourth-order valence-electron chi connectivity index (χ4n) is 2.48. The molecule has 1 amide bonds. The minimum Gasteiger partial charge on any atom is -0.317 e. The van der Waals surface area contributed by atoms with Crippen molar-refractivity contribution in [3.8, 4) is 0 Å². The Balaban J connectivity index is 2.10. The van der Waals surface area contributed by atoms with Gasteiger partial charge in [-0.15, -0.1) is 11.8 Å². The van der Waals surface area contributed by atoms with Gasteiger partial charge in [-0.25, -0.2) is 0 Å². The van der Waals surface area contributed by atoms with E-state index in [2.05, 4.69) is 35.5 Å². The Morgan fingerprint density at radius 2 is 1.87 bits per heavy atom. The molecule has 0 radical (unpaired) electrons. The van der Waals surface area contributed by atoms with Gasteiger partial charge >= 0.3 is 0 Å². The van der Waals surface area contributed by atoms with Gasteiger partial charge in [-0.2, -0.15) is 4.99 Å². The summed E-state index contributed by atoms with van der Waals surface area (Å²) in [7, 11) is 0. The van der Waals surface area contributed by atoms with Crippen LogP contribution in [0, 0.1) is 0 Å². The third-order valence-corrected chi connectivity index (χ3v) is 5.53. The van der Waals surface area contributed by atoms with Gasteiger partial charge in [-0.1, -0.05) is 42.5 Å². The number of thioether (sulfide) groups is 1. The number of carbonyl (C=O) groups excluding carboxylic acids is 1. The van der Waals surface area contributed by atoms with Gasteiger partial charge < -0.3 is 4.57 Å². The molecule has 3 nitrogen and oxygen atoms in total. The minimum absolute atomic E-state index is 0.171. The molecule has 2 aromatic carbocycles. The summed E-state index contributed by atoms with van der Waals surface area (Å²) in [5.74, 6) is 0.762. The van der Waals surface area contributed by atoms with E-state index >= 15 is 0 Å². The Labute approximate surface area is 143 Å². The lowest BCUT2D eigenvalue weighted by atomic mass is 10.2. The molecule has 0 unspecified atom stereocenters. The maximum atomic E-state index is 12.7. The Bertz CT molecular complexity index is 909. The number of fused-ring (bicyclic) bond motifs is 1. The number of nitrogens with zero attached hydrogens (tertiary/aromatic N) is 2. The van der Waals surface area contributed by atoms with Crippen molar-refractivity contribution in [3.63, 3.8) is 0 Å². The molecule has 5 heteroatoms. The average molecular weight is 342 g/mol. The number of carbonyl (C=O) groups is 1. The highest BCUT2D eigenvalue weighted by Gasteiger charge is 2.11. The van der Waals surface area contributed by atoms with Crippen LogP contribution in [0.3, 0.4) is 0 Å². The molecule has 0 bridgehead atoms. The second-order valence-corrected chi connectivity index (χ2v) is 7.26. The maximum absolute atomic E-state index is 12.7. The average Bonchev–Trinajstić information content (AvgIpc) is 2.92. The number of thiazole rings is 1. The number of amides is 1. The first-order valence-electron chi connectivity index (χ1n) is 7.63. The zero-order valence-electron chi connectivity index (χ0n) is 13.2. The molecule has 118 valence electrons. The van der Waals surface area contributed by atoms with E-state index in [-0.39, 0.29) is 5.91 Å². The second kappa shape index (κ2) is 7.15. The van der Waals surface area contributed by atoms with Crippen molar-refractivity contribution in [1.82, 2.24) is 4.57 Å². The van der Waals surface area contributed by atoms with Crippen molar-refractivity contribution >= 4 is 39.2 Å². The highest BCUT2D eigenvalue weighted by molar-refractivity contribution is 7.99. The molecule has 0 aliphatic rings. The Kier molecular flexibility index (Phi) is 4.98. The van der Waals surface area contributed by atoms with Crippen LogP contribution >= 0.6 is 23.1 Å². The van der Waals surface area contributed by atoms with Crippen molar-refractivity contribution in [2.75, 3.05) is 5.75 Å². The van der Waals surface area contributed by atoms with Crippen molar-refractivity contribution in [2.24, 2.45) is 4.99 Å². The van der Waals surface area contributed by atoms with Crippen LogP contribution in [-0.2, 0) is 6.54 Å². The van der Waals surface area contributed by atoms with Crippen LogP contribution in [-0.4, -0.2) is 16.2 Å². The first kappa shape index (κ1) is 16.0. The third kappa shape index (κ3) is 3.26. The summed E-state index contributed by atoms with van der Waals surface area (Å²) < 4.78 is 3.24. The summed E-state index contributed by atoms with van der Waals surface area (Å²) in [5, 5.41) is 0. The second-order valence-electron chi connectivity index (χ2n) is 4.94. The molecule has 0 saturated carbocycles. The summed E-state index contributed by atoms with van der Waals surface area (Å²) >= 11 is 3.23. The van der Waals surface area contributed by atoms with Crippen LogP contribution in [0.15, 0.2) is 58.4 Å². The van der Waals surface area contributed by atoms with Gasteiger partial charge in [0.15, 0.2) is 4.80 Å². The highest BCUT2D eigenvalue weighted by Crippen LogP contribution is 2.23. The molecule has 0 saturated heterocycles. The first-order valence-corrected chi connectivity index (χ1v) is 9.44. The molecule has 0 atom stereocenters. The molecule has 0 aliphatic heterocycles. The molecule has 0 N–H and O–H groups in total. The summed E-state index contributed by atoms with van der Waals surface area (Å²) in [6, 6.07) is 15.8. The molecule has 0 fully saturated rings. The first-order chi connectivity index (χ1) is 11.2. The van der Waals surface area contributed by atoms with Crippen LogP contribution in [0.25, 0.3) is 10.2 Å². The largest absolute Gasteiger partial charge is 0.317 e. The molecule has 3 aromatic rings. The Morgan fingerprint density at radius 3 is 2.65 bits per heavy atom. The van der Waals surface area contributed by atoms with Crippen molar-refractivity contribution in [1.29, 1.82) is 0 Å². The number of hydrogen-bond donors (Lipinski definition) is 0. The lowest BCUT2D eigenvalue weighted by Gasteiger charge is -2.04. The maximum Gasteiger partial charge on any atom is 0.280 e. The topological polar surface area (TPSA) is 34.4 Å². The normalized spacial score (nSPS) is 12.0. The minimum atomic E-state index is -0.171. The van der Waals surface area contributed by atoms with Crippen LogP contribution < -0.4 is 4.80 Å². The smallest absolute Gasteiger partial charge is 0.280 e. The summed E-state index contributed by atoms with van der Waals surface area (Å²) in [5.41, 5.74) is 1.81.